The molecule has 0 atom stereocenters. The molecule has 0 saturated carbocycles. The Morgan fingerprint density at radius 1 is 0.850 bits per heavy atom. The molecular weight excluding hydrogens is 294 g/mol. The topological polar surface area (TPSA) is 46.2 Å². The van der Waals surface area contributed by atoms with E-state index in [-0.39, 0.29) is 12.3 Å². The predicted octanol–water partition coefficient (Wildman–Crippen LogP) is 3.05. The summed E-state index contributed by atoms with van der Waals surface area (Å²) in [5.74, 6) is 0.452. The quantitative estimate of drug-likeness (QED) is 0.834. The summed E-state index contributed by atoms with van der Waals surface area (Å²) in [5, 5.41) is 0. The molecule has 5 heteroatoms. The standard InChI is InChI=1S/C15H16ClNO2S/c16-10-13-6-8-14(9-7-13)11-17-20(18,19)12-15-4-2-1-3-5-15/h1-9,17H,10-12H2. The maximum Gasteiger partial charge on any atom is 0.216 e. The fourth-order valence-electron chi connectivity index (χ4n) is 1.78. The zero-order valence-corrected chi connectivity index (χ0v) is 12.5. The van der Waals surface area contributed by atoms with Crippen molar-refractivity contribution in [1.82, 2.24) is 4.72 Å². The summed E-state index contributed by atoms with van der Waals surface area (Å²) >= 11 is 5.71. The van der Waals surface area contributed by atoms with Crippen LogP contribution in [0.15, 0.2) is 54.6 Å². The van der Waals surface area contributed by atoms with Gasteiger partial charge in [0.25, 0.3) is 0 Å². The van der Waals surface area contributed by atoms with Crippen molar-refractivity contribution in [2.75, 3.05) is 0 Å². The second kappa shape index (κ2) is 6.88. The zero-order valence-electron chi connectivity index (χ0n) is 10.9. The van der Waals surface area contributed by atoms with Crippen molar-refractivity contribution in [2.45, 2.75) is 18.2 Å². The summed E-state index contributed by atoms with van der Waals surface area (Å²) in [6, 6.07) is 16.7. The van der Waals surface area contributed by atoms with Gasteiger partial charge in [0.05, 0.1) is 5.75 Å². The van der Waals surface area contributed by atoms with Gasteiger partial charge in [-0.1, -0.05) is 54.6 Å². The number of sulfonamides is 1. The van der Waals surface area contributed by atoms with Crippen LogP contribution in [0.2, 0.25) is 0 Å². The van der Waals surface area contributed by atoms with Gasteiger partial charge in [-0.25, -0.2) is 13.1 Å². The zero-order chi connectivity index (χ0) is 14.4. The highest BCUT2D eigenvalue weighted by molar-refractivity contribution is 7.88. The van der Waals surface area contributed by atoms with Crippen LogP contribution in [-0.2, 0) is 28.2 Å². The number of benzene rings is 2. The largest absolute Gasteiger partial charge is 0.216 e. The number of hydrogen-bond acceptors (Lipinski definition) is 2. The van der Waals surface area contributed by atoms with Gasteiger partial charge in [0.2, 0.25) is 10.0 Å². The molecule has 0 fully saturated rings. The maximum absolute atomic E-state index is 12.0. The molecule has 0 bridgehead atoms. The second-order valence-electron chi connectivity index (χ2n) is 4.52. The van der Waals surface area contributed by atoms with Gasteiger partial charge in [-0.3, -0.25) is 0 Å². The summed E-state index contributed by atoms with van der Waals surface area (Å²) in [7, 11) is -3.32. The van der Waals surface area contributed by atoms with Crippen molar-refractivity contribution >= 4 is 21.6 Å². The maximum atomic E-state index is 12.0. The van der Waals surface area contributed by atoms with Crippen LogP contribution in [0.5, 0.6) is 0 Å². The summed E-state index contributed by atoms with van der Waals surface area (Å²) in [6.45, 7) is 0.289. The monoisotopic (exact) mass is 309 g/mol. The van der Waals surface area contributed by atoms with Crippen molar-refractivity contribution in [2.24, 2.45) is 0 Å². The first kappa shape index (κ1) is 15.0. The average Bonchev–Trinajstić information content (AvgIpc) is 2.46. The number of halogens is 1. The molecular formula is C15H16ClNO2S. The smallest absolute Gasteiger partial charge is 0.212 e. The van der Waals surface area contributed by atoms with E-state index in [4.69, 9.17) is 11.6 Å². The SMILES string of the molecule is O=S(=O)(Cc1ccccc1)NCc1ccc(CCl)cc1. The number of alkyl halides is 1. The molecule has 0 amide bonds. The van der Waals surface area contributed by atoms with Crippen molar-refractivity contribution in [1.29, 1.82) is 0 Å². The molecule has 0 aliphatic rings. The normalized spacial score (nSPS) is 11.4. The lowest BCUT2D eigenvalue weighted by Crippen LogP contribution is -2.24. The molecule has 2 rings (SSSR count). The predicted molar refractivity (Wildman–Crippen MR) is 81.9 cm³/mol. The molecule has 0 aromatic heterocycles. The van der Waals surface area contributed by atoms with Gasteiger partial charge in [0.1, 0.15) is 0 Å². The number of hydrogen-bond donors (Lipinski definition) is 1. The Bertz CT molecular complexity index is 639. The van der Waals surface area contributed by atoms with E-state index < -0.39 is 10.0 Å². The Labute approximate surface area is 124 Å². The highest BCUT2D eigenvalue weighted by Gasteiger charge is 2.10. The molecule has 0 aliphatic heterocycles. The van der Waals surface area contributed by atoms with Crippen molar-refractivity contribution in [3.63, 3.8) is 0 Å². The van der Waals surface area contributed by atoms with Gasteiger partial charge in [-0.15, -0.1) is 11.6 Å². The Balaban J connectivity index is 1.95. The van der Waals surface area contributed by atoms with Crippen LogP contribution >= 0.6 is 11.6 Å². The first-order valence-electron chi connectivity index (χ1n) is 6.24. The minimum absolute atomic E-state index is 0.00635. The van der Waals surface area contributed by atoms with E-state index in [1.54, 1.807) is 12.1 Å². The van der Waals surface area contributed by atoms with Gasteiger partial charge in [0, 0.05) is 12.4 Å². The average molecular weight is 310 g/mol. The lowest BCUT2D eigenvalue weighted by molar-refractivity contribution is 0.580. The summed E-state index contributed by atoms with van der Waals surface area (Å²) in [6.07, 6.45) is 0. The Morgan fingerprint density at radius 2 is 1.45 bits per heavy atom. The minimum Gasteiger partial charge on any atom is -0.212 e. The van der Waals surface area contributed by atoms with Gasteiger partial charge in [-0.2, -0.15) is 0 Å². The van der Waals surface area contributed by atoms with Gasteiger partial charge < -0.3 is 0 Å². The molecule has 1 N–H and O–H groups in total. The molecule has 0 aliphatic carbocycles. The van der Waals surface area contributed by atoms with E-state index in [0.717, 1.165) is 16.7 Å². The van der Waals surface area contributed by atoms with Gasteiger partial charge in [-0.05, 0) is 16.7 Å². The molecule has 3 nitrogen and oxygen atoms in total. The Kier molecular flexibility index (Phi) is 5.17. The Morgan fingerprint density at radius 3 is 2.05 bits per heavy atom. The molecule has 0 radical (unpaired) electrons. The van der Waals surface area contributed by atoms with E-state index in [1.807, 2.05) is 42.5 Å². The number of nitrogens with one attached hydrogen (secondary N) is 1. The molecule has 0 heterocycles. The first-order valence-corrected chi connectivity index (χ1v) is 8.43. The van der Waals surface area contributed by atoms with Crippen LogP contribution < -0.4 is 4.72 Å². The third-order valence-electron chi connectivity index (χ3n) is 2.87. The van der Waals surface area contributed by atoms with Crippen LogP contribution in [0.3, 0.4) is 0 Å². The highest BCUT2D eigenvalue weighted by Crippen LogP contribution is 2.08. The molecule has 0 unspecified atom stereocenters. The lowest BCUT2D eigenvalue weighted by atomic mass is 10.1. The van der Waals surface area contributed by atoms with Gasteiger partial charge in [0.15, 0.2) is 0 Å². The molecule has 2 aromatic carbocycles. The van der Waals surface area contributed by atoms with Crippen LogP contribution in [-0.4, -0.2) is 8.42 Å². The highest BCUT2D eigenvalue weighted by atomic mass is 35.5. The van der Waals surface area contributed by atoms with Crippen LogP contribution in [0.1, 0.15) is 16.7 Å². The molecule has 106 valence electrons. The summed E-state index contributed by atoms with van der Waals surface area (Å²) in [5.41, 5.74) is 2.70. The van der Waals surface area contributed by atoms with E-state index in [0.29, 0.717) is 5.88 Å². The fraction of sp³-hybridized carbons (Fsp3) is 0.200. The van der Waals surface area contributed by atoms with E-state index in [1.165, 1.54) is 0 Å². The second-order valence-corrected chi connectivity index (χ2v) is 6.59. The number of rotatable bonds is 6. The van der Waals surface area contributed by atoms with Crippen molar-refractivity contribution in [3.05, 3.63) is 71.3 Å². The van der Waals surface area contributed by atoms with Crippen LogP contribution in [0.4, 0.5) is 0 Å². The first-order chi connectivity index (χ1) is 9.59. The molecule has 0 spiro atoms. The summed E-state index contributed by atoms with van der Waals surface area (Å²) in [4.78, 5) is 0. The fourth-order valence-corrected chi connectivity index (χ4v) is 3.08. The van der Waals surface area contributed by atoms with Crippen molar-refractivity contribution in [3.8, 4) is 0 Å². The lowest BCUT2D eigenvalue weighted by Gasteiger charge is -2.07. The molecule has 0 saturated heterocycles. The molecule has 20 heavy (non-hydrogen) atoms. The summed E-state index contributed by atoms with van der Waals surface area (Å²) < 4.78 is 26.5. The van der Waals surface area contributed by atoms with Gasteiger partial charge >= 0.3 is 0 Å². The van der Waals surface area contributed by atoms with Crippen molar-refractivity contribution < 1.29 is 8.42 Å². The van der Waals surface area contributed by atoms with E-state index in [9.17, 15) is 8.42 Å². The third kappa shape index (κ3) is 4.63. The van der Waals surface area contributed by atoms with Crippen LogP contribution in [0.25, 0.3) is 0 Å². The van der Waals surface area contributed by atoms with E-state index in [2.05, 4.69) is 4.72 Å². The molecule has 2 aromatic rings. The van der Waals surface area contributed by atoms with Crippen LogP contribution in [0, 0.1) is 0 Å². The third-order valence-corrected chi connectivity index (χ3v) is 4.48. The minimum atomic E-state index is -3.32. The Hall–Kier alpha value is -1.36. The van der Waals surface area contributed by atoms with E-state index >= 15 is 0 Å².